The van der Waals surface area contributed by atoms with Gasteiger partial charge < -0.3 is 10.4 Å². The van der Waals surface area contributed by atoms with Crippen LogP contribution in [0.3, 0.4) is 0 Å². The number of thioether (sulfide) groups is 1. The van der Waals surface area contributed by atoms with Gasteiger partial charge in [-0.2, -0.15) is 0 Å². The number of hydrogen-bond acceptors (Lipinski definition) is 3. The standard InChI is InChI=1S/C15H23NO2S/c1-12(8-9-17)10-16-15(18)13(2)19-11-14-6-4-3-5-7-14/h3-7,12-13,17H,8-11H2,1-2H3,(H,16,18). The van der Waals surface area contributed by atoms with Gasteiger partial charge in [0.2, 0.25) is 5.91 Å². The molecule has 0 aliphatic rings. The summed E-state index contributed by atoms with van der Waals surface area (Å²) in [5.41, 5.74) is 1.24. The molecule has 0 aliphatic carbocycles. The van der Waals surface area contributed by atoms with Crippen LogP contribution in [0.5, 0.6) is 0 Å². The van der Waals surface area contributed by atoms with Gasteiger partial charge in [0.25, 0.3) is 0 Å². The van der Waals surface area contributed by atoms with Crippen molar-refractivity contribution < 1.29 is 9.90 Å². The summed E-state index contributed by atoms with van der Waals surface area (Å²) in [7, 11) is 0. The number of rotatable bonds is 8. The van der Waals surface area contributed by atoms with E-state index in [1.807, 2.05) is 32.0 Å². The number of aliphatic hydroxyl groups excluding tert-OH is 1. The summed E-state index contributed by atoms with van der Waals surface area (Å²) < 4.78 is 0. The van der Waals surface area contributed by atoms with E-state index in [0.717, 1.165) is 12.2 Å². The third-order valence-electron chi connectivity index (χ3n) is 2.96. The van der Waals surface area contributed by atoms with Gasteiger partial charge in [0.1, 0.15) is 0 Å². The Bertz CT molecular complexity index is 370. The monoisotopic (exact) mass is 281 g/mol. The molecule has 2 N–H and O–H groups in total. The van der Waals surface area contributed by atoms with Crippen molar-refractivity contribution in [1.82, 2.24) is 5.32 Å². The summed E-state index contributed by atoms with van der Waals surface area (Å²) in [5, 5.41) is 11.7. The molecule has 19 heavy (non-hydrogen) atoms. The Balaban J connectivity index is 2.25. The van der Waals surface area contributed by atoms with Gasteiger partial charge in [-0.15, -0.1) is 11.8 Å². The van der Waals surface area contributed by atoms with Gasteiger partial charge in [-0.1, -0.05) is 37.3 Å². The maximum absolute atomic E-state index is 11.9. The summed E-state index contributed by atoms with van der Waals surface area (Å²) in [6.45, 7) is 4.77. The predicted octanol–water partition coefficient (Wildman–Crippen LogP) is 2.44. The minimum atomic E-state index is -0.0541. The molecule has 2 unspecified atom stereocenters. The van der Waals surface area contributed by atoms with Crippen molar-refractivity contribution in [3.05, 3.63) is 35.9 Å². The number of carbonyl (C=O) groups excluding carboxylic acids is 1. The van der Waals surface area contributed by atoms with Crippen LogP contribution in [0.15, 0.2) is 30.3 Å². The topological polar surface area (TPSA) is 49.3 Å². The summed E-state index contributed by atoms with van der Waals surface area (Å²) >= 11 is 1.64. The summed E-state index contributed by atoms with van der Waals surface area (Å²) in [6.07, 6.45) is 0.728. The van der Waals surface area contributed by atoms with Crippen molar-refractivity contribution in [2.24, 2.45) is 5.92 Å². The van der Waals surface area contributed by atoms with Gasteiger partial charge in [-0.25, -0.2) is 0 Å². The maximum Gasteiger partial charge on any atom is 0.232 e. The summed E-state index contributed by atoms with van der Waals surface area (Å²) in [6, 6.07) is 10.2. The number of benzene rings is 1. The van der Waals surface area contributed by atoms with E-state index < -0.39 is 0 Å². The SMILES string of the molecule is CC(CCO)CNC(=O)C(C)SCc1ccccc1. The molecule has 1 rings (SSSR count). The molecule has 3 nitrogen and oxygen atoms in total. The molecular weight excluding hydrogens is 258 g/mol. The van der Waals surface area contributed by atoms with Crippen LogP contribution in [0.4, 0.5) is 0 Å². The maximum atomic E-state index is 11.9. The fourth-order valence-corrected chi connectivity index (χ4v) is 2.48. The minimum Gasteiger partial charge on any atom is -0.396 e. The molecule has 0 spiro atoms. The highest BCUT2D eigenvalue weighted by Gasteiger charge is 2.13. The van der Waals surface area contributed by atoms with Crippen LogP contribution in [0.2, 0.25) is 0 Å². The summed E-state index contributed by atoms with van der Waals surface area (Å²) in [4.78, 5) is 11.9. The molecule has 0 saturated carbocycles. The molecule has 1 amide bonds. The highest BCUT2D eigenvalue weighted by Crippen LogP contribution is 2.17. The van der Waals surface area contributed by atoms with E-state index in [-0.39, 0.29) is 17.8 Å². The zero-order chi connectivity index (χ0) is 14.1. The van der Waals surface area contributed by atoms with Gasteiger partial charge in [0, 0.05) is 18.9 Å². The second-order valence-corrected chi connectivity index (χ2v) is 6.13. The Morgan fingerprint density at radius 2 is 2.00 bits per heavy atom. The lowest BCUT2D eigenvalue weighted by molar-refractivity contribution is -0.120. The minimum absolute atomic E-state index is 0.0541. The van der Waals surface area contributed by atoms with Crippen molar-refractivity contribution in [3.63, 3.8) is 0 Å². The smallest absolute Gasteiger partial charge is 0.232 e. The second kappa shape index (κ2) is 8.99. The molecule has 0 heterocycles. The third kappa shape index (κ3) is 6.64. The van der Waals surface area contributed by atoms with E-state index in [1.165, 1.54) is 5.56 Å². The van der Waals surface area contributed by atoms with Gasteiger partial charge in [0.05, 0.1) is 5.25 Å². The van der Waals surface area contributed by atoms with Crippen LogP contribution in [-0.4, -0.2) is 29.4 Å². The number of amides is 1. The zero-order valence-electron chi connectivity index (χ0n) is 11.6. The first kappa shape index (κ1) is 16.1. The predicted molar refractivity (Wildman–Crippen MR) is 81.1 cm³/mol. The highest BCUT2D eigenvalue weighted by atomic mass is 32.2. The number of hydrogen-bond donors (Lipinski definition) is 2. The van der Waals surface area contributed by atoms with E-state index in [9.17, 15) is 4.79 Å². The molecule has 0 radical (unpaired) electrons. The van der Waals surface area contributed by atoms with Gasteiger partial charge in [-0.05, 0) is 24.8 Å². The van der Waals surface area contributed by atoms with Crippen molar-refractivity contribution in [2.45, 2.75) is 31.3 Å². The second-order valence-electron chi connectivity index (χ2n) is 4.80. The average Bonchev–Trinajstić information content (AvgIpc) is 2.43. The van der Waals surface area contributed by atoms with Crippen LogP contribution in [0, 0.1) is 5.92 Å². The van der Waals surface area contributed by atoms with Crippen molar-refractivity contribution in [1.29, 1.82) is 0 Å². The first-order chi connectivity index (χ1) is 9.13. The lowest BCUT2D eigenvalue weighted by atomic mass is 10.1. The van der Waals surface area contributed by atoms with Gasteiger partial charge in [0.15, 0.2) is 0 Å². The zero-order valence-corrected chi connectivity index (χ0v) is 12.5. The molecule has 4 heteroatoms. The Hall–Kier alpha value is -1.00. The molecule has 0 aliphatic heterocycles. The molecule has 0 bridgehead atoms. The van der Waals surface area contributed by atoms with E-state index in [4.69, 9.17) is 5.11 Å². The van der Waals surface area contributed by atoms with Gasteiger partial charge in [-0.3, -0.25) is 4.79 Å². The van der Waals surface area contributed by atoms with Crippen molar-refractivity contribution in [2.75, 3.05) is 13.2 Å². The van der Waals surface area contributed by atoms with E-state index >= 15 is 0 Å². The Labute approximate surface area is 119 Å². The molecule has 0 fully saturated rings. The molecule has 1 aromatic rings. The average molecular weight is 281 g/mol. The molecule has 0 aromatic heterocycles. The lowest BCUT2D eigenvalue weighted by Gasteiger charge is -2.15. The molecule has 106 valence electrons. The summed E-state index contributed by atoms with van der Waals surface area (Å²) in [5.74, 6) is 1.24. The quantitative estimate of drug-likeness (QED) is 0.769. The number of aliphatic hydroxyl groups is 1. The lowest BCUT2D eigenvalue weighted by Crippen LogP contribution is -2.34. The van der Waals surface area contributed by atoms with Crippen LogP contribution in [0.1, 0.15) is 25.8 Å². The molecular formula is C15H23NO2S. The third-order valence-corrected chi connectivity index (χ3v) is 4.17. The van der Waals surface area contributed by atoms with Crippen molar-refractivity contribution >= 4 is 17.7 Å². The Kier molecular flexibility index (Phi) is 7.60. The van der Waals surface area contributed by atoms with E-state index in [0.29, 0.717) is 12.5 Å². The van der Waals surface area contributed by atoms with Crippen LogP contribution in [-0.2, 0) is 10.5 Å². The fourth-order valence-electron chi connectivity index (χ4n) is 1.61. The highest BCUT2D eigenvalue weighted by molar-refractivity contribution is 7.99. The van der Waals surface area contributed by atoms with Crippen LogP contribution in [0.25, 0.3) is 0 Å². The molecule has 2 atom stereocenters. The first-order valence-electron chi connectivity index (χ1n) is 6.67. The van der Waals surface area contributed by atoms with Gasteiger partial charge >= 0.3 is 0 Å². The Morgan fingerprint density at radius 1 is 1.32 bits per heavy atom. The first-order valence-corrected chi connectivity index (χ1v) is 7.72. The number of carbonyl (C=O) groups is 1. The molecule has 1 aromatic carbocycles. The fraction of sp³-hybridized carbons (Fsp3) is 0.533. The van der Waals surface area contributed by atoms with Crippen LogP contribution < -0.4 is 5.32 Å². The van der Waals surface area contributed by atoms with Crippen LogP contribution >= 0.6 is 11.8 Å². The molecule has 0 saturated heterocycles. The van der Waals surface area contributed by atoms with E-state index in [1.54, 1.807) is 11.8 Å². The largest absolute Gasteiger partial charge is 0.396 e. The van der Waals surface area contributed by atoms with E-state index in [2.05, 4.69) is 17.4 Å². The van der Waals surface area contributed by atoms with Crippen molar-refractivity contribution in [3.8, 4) is 0 Å². The normalized spacial score (nSPS) is 13.8. The number of nitrogens with one attached hydrogen (secondary N) is 1. The Morgan fingerprint density at radius 3 is 2.63 bits per heavy atom.